The van der Waals surface area contributed by atoms with Crippen LogP contribution in [0.2, 0.25) is 0 Å². The number of nitrogens with zero attached hydrogens (tertiary/aromatic N) is 2. The van der Waals surface area contributed by atoms with Gasteiger partial charge in [0, 0.05) is 26.3 Å². The Bertz CT molecular complexity index is 628. The molecule has 0 unspecified atom stereocenters. The predicted octanol–water partition coefficient (Wildman–Crippen LogP) is -0.578. The number of piperidine rings is 1. The Labute approximate surface area is 121 Å². The Morgan fingerprint density at radius 2 is 2.00 bits per heavy atom. The molecule has 21 heavy (non-hydrogen) atoms. The van der Waals surface area contributed by atoms with Crippen molar-refractivity contribution in [2.75, 3.05) is 18.8 Å². The third kappa shape index (κ3) is 2.12. The number of carbonyl (C=O) groups is 3. The molecule has 8 heteroatoms. The van der Waals surface area contributed by atoms with E-state index in [1.165, 1.54) is 0 Å². The molecule has 3 rings (SSSR count). The van der Waals surface area contributed by atoms with Gasteiger partial charge in [0.15, 0.2) is 0 Å². The molecule has 0 bridgehead atoms. The Kier molecular flexibility index (Phi) is 2.89. The highest BCUT2D eigenvalue weighted by Gasteiger charge is 2.48. The van der Waals surface area contributed by atoms with Crippen molar-refractivity contribution in [1.29, 1.82) is 0 Å². The van der Waals surface area contributed by atoms with Gasteiger partial charge in [-0.3, -0.25) is 14.9 Å². The lowest BCUT2D eigenvalue weighted by molar-refractivity contribution is -0.125. The van der Waals surface area contributed by atoms with Crippen LogP contribution < -0.4 is 16.4 Å². The van der Waals surface area contributed by atoms with Crippen LogP contribution in [0.3, 0.4) is 0 Å². The van der Waals surface area contributed by atoms with Crippen LogP contribution in [0.4, 0.5) is 10.5 Å². The highest BCUT2D eigenvalue weighted by atomic mass is 16.2. The summed E-state index contributed by atoms with van der Waals surface area (Å²) in [4.78, 5) is 37.2. The third-order valence-electron chi connectivity index (χ3n) is 4.16. The van der Waals surface area contributed by atoms with Crippen LogP contribution in [0.5, 0.6) is 0 Å². The first-order valence-corrected chi connectivity index (χ1v) is 6.76. The normalized spacial score (nSPS) is 20.5. The molecule has 0 saturated carbocycles. The molecule has 0 aliphatic carbocycles. The molecule has 112 valence electrons. The highest BCUT2D eigenvalue weighted by molar-refractivity contribution is 6.07. The first kappa shape index (κ1) is 13.5. The summed E-state index contributed by atoms with van der Waals surface area (Å²) in [5.74, 6) is -0.420. The summed E-state index contributed by atoms with van der Waals surface area (Å²) >= 11 is 0. The van der Waals surface area contributed by atoms with Gasteiger partial charge in [-0.15, -0.1) is 0 Å². The van der Waals surface area contributed by atoms with Gasteiger partial charge in [0.25, 0.3) is 11.8 Å². The number of hydrogen-bond acceptors (Lipinski definition) is 4. The van der Waals surface area contributed by atoms with E-state index in [1.54, 1.807) is 28.8 Å². The zero-order valence-electron chi connectivity index (χ0n) is 11.7. The van der Waals surface area contributed by atoms with E-state index in [-0.39, 0.29) is 11.8 Å². The fraction of sp³-hybridized carbons (Fsp3) is 0.462. The SMILES string of the molecule is Cn1cc(N)cc1C(=O)N1CCC2(CC1)NC(=O)NC2=O. The Balaban J connectivity index is 1.71. The van der Waals surface area contributed by atoms with Gasteiger partial charge in [-0.1, -0.05) is 0 Å². The second-order valence-corrected chi connectivity index (χ2v) is 5.55. The number of nitrogens with two attached hydrogens (primary N) is 1. The second kappa shape index (κ2) is 4.51. The van der Waals surface area contributed by atoms with Gasteiger partial charge in [-0.25, -0.2) is 4.79 Å². The number of nitrogen functional groups attached to an aromatic ring is 1. The van der Waals surface area contributed by atoms with Gasteiger partial charge < -0.3 is 20.5 Å². The number of hydrogen-bond donors (Lipinski definition) is 3. The minimum atomic E-state index is -0.860. The van der Waals surface area contributed by atoms with Gasteiger partial charge in [-0.2, -0.15) is 0 Å². The van der Waals surface area contributed by atoms with Crippen LogP contribution in [0.1, 0.15) is 23.3 Å². The number of anilines is 1. The minimum Gasteiger partial charge on any atom is -0.397 e. The molecule has 2 saturated heterocycles. The summed E-state index contributed by atoms with van der Waals surface area (Å²) in [6, 6.07) is 1.17. The van der Waals surface area contributed by atoms with E-state index in [1.807, 2.05) is 0 Å². The molecule has 2 fully saturated rings. The fourth-order valence-corrected chi connectivity index (χ4v) is 2.94. The number of likely N-dealkylation sites (tertiary alicyclic amines) is 1. The van der Waals surface area contributed by atoms with Gasteiger partial charge >= 0.3 is 6.03 Å². The summed E-state index contributed by atoms with van der Waals surface area (Å²) < 4.78 is 1.69. The molecule has 8 nitrogen and oxygen atoms in total. The topological polar surface area (TPSA) is 109 Å². The molecule has 3 heterocycles. The van der Waals surface area contributed by atoms with Crippen LogP contribution >= 0.6 is 0 Å². The van der Waals surface area contributed by atoms with Crippen LogP contribution in [-0.2, 0) is 11.8 Å². The number of imide groups is 1. The van der Waals surface area contributed by atoms with Crippen LogP contribution in [0.15, 0.2) is 12.3 Å². The number of rotatable bonds is 1. The molecule has 2 aliphatic heterocycles. The van der Waals surface area contributed by atoms with Crippen molar-refractivity contribution in [1.82, 2.24) is 20.1 Å². The molecule has 1 spiro atoms. The second-order valence-electron chi connectivity index (χ2n) is 5.55. The molecule has 4 N–H and O–H groups in total. The smallest absolute Gasteiger partial charge is 0.322 e. The van der Waals surface area contributed by atoms with Crippen molar-refractivity contribution < 1.29 is 14.4 Å². The Morgan fingerprint density at radius 3 is 2.48 bits per heavy atom. The highest BCUT2D eigenvalue weighted by Crippen LogP contribution is 2.26. The minimum absolute atomic E-state index is 0.117. The molecule has 0 radical (unpaired) electrons. The number of amides is 4. The van der Waals surface area contributed by atoms with Gasteiger partial charge in [-0.05, 0) is 18.9 Å². The van der Waals surface area contributed by atoms with Crippen molar-refractivity contribution >= 4 is 23.5 Å². The predicted molar refractivity (Wildman–Crippen MR) is 74.4 cm³/mol. The van der Waals surface area contributed by atoms with Crippen molar-refractivity contribution in [3.8, 4) is 0 Å². The van der Waals surface area contributed by atoms with E-state index >= 15 is 0 Å². The first-order chi connectivity index (χ1) is 9.91. The van der Waals surface area contributed by atoms with E-state index in [0.717, 1.165) is 0 Å². The molecule has 4 amide bonds. The lowest BCUT2D eigenvalue weighted by Gasteiger charge is -2.36. The summed E-state index contributed by atoms with van der Waals surface area (Å²) in [6.07, 6.45) is 2.51. The molecule has 1 aromatic heterocycles. The van der Waals surface area contributed by atoms with Gasteiger partial charge in [0.2, 0.25) is 0 Å². The van der Waals surface area contributed by atoms with Crippen LogP contribution in [-0.4, -0.2) is 45.9 Å². The third-order valence-corrected chi connectivity index (χ3v) is 4.16. The Hall–Kier alpha value is -2.51. The Morgan fingerprint density at radius 1 is 1.33 bits per heavy atom. The van der Waals surface area contributed by atoms with Crippen molar-refractivity contribution in [3.63, 3.8) is 0 Å². The molecule has 0 aromatic carbocycles. The average Bonchev–Trinajstić information content (AvgIpc) is 2.90. The largest absolute Gasteiger partial charge is 0.397 e. The lowest BCUT2D eigenvalue weighted by Crippen LogP contribution is -2.55. The fourth-order valence-electron chi connectivity index (χ4n) is 2.94. The van der Waals surface area contributed by atoms with E-state index in [4.69, 9.17) is 5.73 Å². The number of carbonyl (C=O) groups excluding carboxylic acids is 3. The van der Waals surface area contributed by atoms with E-state index in [9.17, 15) is 14.4 Å². The van der Waals surface area contributed by atoms with Crippen molar-refractivity contribution in [3.05, 3.63) is 18.0 Å². The summed E-state index contributed by atoms with van der Waals surface area (Å²) in [7, 11) is 1.76. The molecule has 1 aromatic rings. The standard InChI is InChI=1S/C13H17N5O3/c1-17-7-8(14)6-9(17)10(19)18-4-2-13(3-5-18)11(20)15-12(21)16-13/h6-7H,2-5,14H2,1H3,(H2,15,16,20,21). The van der Waals surface area contributed by atoms with E-state index < -0.39 is 11.6 Å². The molecular formula is C13H17N5O3. The number of aromatic nitrogens is 1. The zero-order valence-corrected chi connectivity index (χ0v) is 11.7. The lowest BCUT2D eigenvalue weighted by atomic mass is 9.87. The summed E-state index contributed by atoms with van der Waals surface area (Å²) in [6.45, 7) is 0.829. The van der Waals surface area contributed by atoms with E-state index in [0.29, 0.717) is 37.3 Å². The molecule has 0 atom stereocenters. The first-order valence-electron chi connectivity index (χ1n) is 6.76. The van der Waals surface area contributed by atoms with Gasteiger partial charge in [0.1, 0.15) is 11.2 Å². The van der Waals surface area contributed by atoms with Crippen LogP contribution in [0.25, 0.3) is 0 Å². The van der Waals surface area contributed by atoms with Crippen molar-refractivity contribution in [2.24, 2.45) is 7.05 Å². The summed E-state index contributed by atoms with van der Waals surface area (Å²) in [5.41, 5.74) is 5.88. The maximum atomic E-state index is 12.4. The quantitative estimate of drug-likeness (QED) is 0.601. The summed E-state index contributed by atoms with van der Waals surface area (Å²) in [5, 5.41) is 4.92. The monoisotopic (exact) mass is 291 g/mol. The van der Waals surface area contributed by atoms with Crippen molar-refractivity contribution in [2.45, 2.75) is 18.4 Å². The average molecular weight is 291 g/mol. The molecule has 2 aliphatic rings. The van der Waals surface area contributed by atoms with Gasteiger partial charge in [0.05, 0.1) is 5.69 Å². The number of aryl methyl sites for hydroxylation is 1. The van der Waals surface area contributed by atoms with Crippen LogP contribution in [0, 0.1) is 0 Å². The molecular weight excluding hydrogens is 274 g/mol. The number of nitrogens with one attached hydrogen (secondary N) is 2. The zero-order chi connectivity index (χ0) is 15.2. The number of urea groups is 1. The maximum absolute atomic E-state index is 12.4. The van der Waals surface area contributed by atoms with E-state index in [2.05, 4.69) is 10.6 Å². The maximum Gasteiger partial charge on any atom is 0.322 e.